The summed E-state index contributed by atoms with van der Waals surface area (Å²) in [6.45, 7) is 8.00. The topological polar surface area (TPSA) is 0 Å². The van der Waals surface area contributed by atoms with Crippen LogP contribution < -0.4 is 0 Å². The molecular weight excluding hydrogens is 376 g/mol. The quantitative estimate of drug-likeness (QED) is 0.595. The molecule has 0 saturated heterocycles. The molecule has 0 unspecified atom stereocenters. The van der Waals surface area contributed by atoms with Gasteiger partial charge in [0.25, 0.3) is 0 Å². The number of rotatable bonds is 1. The fourth-order valence-electron chi connectivity index (χ4n) is 1.12. The summed E-state index contributed by atoms with van der Waals surface area (Å²) in [7, 11) is 0. The molecule has 17 heavy (non-hydrogen) atoms. The molecule has 0 amide bonds. The van der Waals surface area contributed by atoms with Crippen LogP contribution in [0.15, 0.2) is 48.5 Å². The van der Waals surface area contributed by atoms with Gasteiger partial charge in [-0.1, -0.05) is 27.7 Å². The van der Waals surface area contributed by atoms with Gasteiger partial charge >= 0.3 is 21.1 Å². The van der Waals surface area contributed by atoms with E-state index in [2.05, 4.69) is 12.1 Å². The summed E-state index contributed by atoms with van der Waals surface area (Å²) >= 11 is 0. The molecule has 0 atom stereocenters. The van der Waals surface area contributed by atoms with Crippen molar-refractivity contribution in [3.63, 3.8) is 0 Å². The van der Waals surface area contributed by atoms with Crippen LogP contribution >= 0.6 is 0 Å². The molecule has 0 aliphatic heterocycles. The summed E-state index contributed by atoms with van der Waals surface area (Å²) in [5.41, 5.74) is 2.19. The van der Waals surface area contributed by atoms with Crippen molar-refractivity contribution in [1.82, 2.24) is 0 Å². The molecule has 2 rings (SSSR count). The largest absolute Gasteiger partial charge is 2.00 e. The van der Waals surface area contributed by atoms with Crippen molar-refractivity contribution in [3.05, 3.63) is 60.7 Å². The first kappa shape index (κ1) is 18.5. The molecule has 0 saturated carbocycles. The Morgan fingerprint density at radius 3 is 1.24 bits per heavy atom. The molecule has 0 nitrogen and oxygen atoms in total. The molecule has 0 radical (unpaired) electrons. The second kappa shape index (κ2) is 13.2. The Balaban J connectivity index is 0. The van der Waals surface area contributed by atoms with Gasteiger partial charge in [-0.25, -0.2) is 11.1 Å². The van der Waals surface area contributed by atoms with Gasteiger partial charge in [0, 0.05) is 0 Å². The monoisotopic (exact) mass is 396 g/mol. The number of hydrogen-bond acceptors (Lipinski definition) is 0. The van der Waals surface area contributed by atoms with Gasteiger partial charge in [-0.2, -0.15) is 48.5 Å². The van der Waals surface area contributed by atoms with E-state index in [1.807, 2.05) is 76.2 Å². The van der Waals surface area contributed by atoms with Gasteiger partial charge in [-0.15, -0.1) is 12.1 Å². The zero-order valence-electron chi connectivity index (χ0n) is 11.0. The van der Waals surface area contributed by atoms with Gasteiger partial charge in [-0.05, 0) is 0 Å². The predicted octanol–water partition coefficient (Wildman–Crippen LogP) is 5.00. The SMILES string of the molecule is CC.CC.[W+2].[c-]1ccccc1-c1[c-]cccc1. The predicted molar refractivity (Wildman–Crippen MR) is 72.2 cm³/mol. The van der Waals surface area contributed by atoms with E-state index in [1.165, 1.54) is 0 Å². The fourth-order valence-corrected chi connectivity index (χ4v) is 1.12. The van der Waals surface area contributed by atoms with Crippen molar-refractivity contribution < 1.29 is 21.1 Å². The number of benzene rings is 2. The van der Waals surface area contributed by atoms with Gasteiger partial charge in [0.05, 0.1) is 0 Å². The average molecular weight is 396 g/mol. The maximum absolute atomic E-state index is 3.15. The Labute approximate surface area is 120 Å². The second-order valence-corrected chi connectivity index (χ2v) is 2.55. The number of hydrogen-bond donors (Lipinski definition) is 0. The first-order valence-electron chi connectivity index (χ1n) is 5.90. The van der Waals surface area contributed by atoms with E-state index < -0.39 is 0 Å². The van der Waals surface area contributed by atoms with Crippen molar-refractivity contribution in [1.29, 1.82) is 0 Å². The van der Waals surface area contributed by atoms with Gasteiger partial charge in [0.2, 0.25) is 0 Å². The standard InChI is InChI=1S/C12H8.2C2H6.W/c1-3-7-11(8-4-1)12-9-5-2-6-10-12;2*1-2;/h1-7,9H;2*1-2H3;/q-2;;;+2. The minimum atomic E-state index is 0. The van der Waals surface area contributed by atoms with Crippen LogP contribution in [0.3, 0.4) is 0 Å². The molecule has 0 bridgehead atoms. The van der Waals surface area contributed by atoms with E-state index >= 15 is 0 Å². The third kappa shape index (κ3) is 7.13. The van der Waals surface area contributed by atoms with Gasteiger partial charge in [0.15, 0.2) is 0 Å². The van der Waals surface area contributed by atoms with Crippen molar-refractivity contribution in [3.8, 4) is 11.1 Å². The summed E-state index contributed by atoms with van der Waals surface area (Å²) in [6.07, 6.45) is 0. The molecule has 0 fully saturated rings. The third-order valence-corrected chi connectivity index (χ3v) is 1.71. The van der Waals surface area contributed by atoms with Crippen molar-refractivity contribution in [2.45, 2.75) is 27.7 Å². The molecule has 0 spiro atoms. The first-order chi connectivity index (χ1) is 7.97. The average Bonchev–Trinajstić information content (AvgIpc) is 2.45. The molecule has 0 aromatic heterocycles. The van der Waals surface area contributed by atoms with Gasteiger partial charge in [-0.3, -0.25) is 0 Å². The third-order valence-electron chi connectivity index (χ3n) is 1.71. The molecule has 2 aromatic carbocycles. The Bertz CT molecular complexity index is 303. The van der Waals surface area contributed by atoms with Crippen LogP contribution in [0, 0.1) is 12.1 Å². The van der Waals surface area contributed by atoms with E-state index in [1.54, 1.807) is 0 Å². The summed E-state index contributed by atoms with van der Waals surface area (Å²) in [5.74, 6) is 0. The van der Waals surface area contributed by atoms with Crippen LogP contribution in [0.5, 0.6) is 0 Å². The van der Waals surface area contributed by atoms with Crippen LogP contribution in [0.2, 0.25) is 0 Å². The van der Waals surface area contributed by atoms with Crippen LogP contribution in [0.4, 0.5) is 0 Å². The van der Waals surface area contributed by atoms with Crippen molar-refractivity contribution in [2.75, 3.05) is 0 Å². The van der Waals surface area contributed by atoms with E-state index in [9.17, 15) is 0 Å². The zero-order valence-corrected chi connectivity index (χ0v) is 14.0. The normalized spacial score (nSPS) is 7.53. The van der Waals surface area contributed by atoms with Crippen molar-refractivity contribution in [2.24, 2.45) is 0 Å². The summed E-state index contributed by atoms with van der Waals surface area (Å²) in [6, 6.07) is 22.1. The molecule has 90 valence electrons. The molecule has 1 heteroatoms. The molecular formula is C16H20W. The molecule has 0 aliphatic carbocycles. The van der Waals surface area contributed by atoms with Crippen LogP contribution in [0.25, 0.3) is 11.1 Å². The Kier molecular flexibility index (Phi) is 14.4. The van der Waals surface area contributed by atoms with E-state index in [4.69, 9.17) is 0 Å². The molecule has 0 N–H and O–H groups in total. The van der Waals surface area contributed by atoms with Crippen LogP contribution in [0.1, 0.15) is 27.7 Å². The first-order valence-corrected chi connectivity index (χ1v) is 5.90. The van der Waals surface area contributed by atoms with E-state index in [0.29, 0.717) is 0 Å². The minimum absolute atomic E-state index is 0. The maximum atomic E-state index is 3.15. The van der Waals surface area contributed by atoms with E-state index in [-0.39, 0.29) is 21.1 Å². The second-order valence-electron chi connectivity index (χ2n) is 2.55. The summed E-state index contributed by atoms with van der Waals surface area (Å²) in [5, 5.41) is 0. The molecule has 2 aromatic rings. The Morgan fingerprint density at radius 2 is 1.00 bits per heavy atom. The van der Waals surface area contributed by atoms with E-state index in [0.717, 1.165) is 11.1 Å². The maximum Gasteiger partial charge on any atom is 2.00 e. The van der Waals surface area contributed by atoms with Gasteiger partial charge < -0.3 is 0 Å². The van der Waals surface area contributed by atoms with Crippen LogP contribution in [-0.4, -0.2) is 0 Å². The van der Waals surface area contributed by atoms with Gasteiger partial charge in [0.1, 0.15) is 0 Å². The Morgan fingerprint density at radius 1 is 0.647 bits per heavy atom. The van der Waals surface area contributed by atoms with Crippen molar-refractivity contribution >= 4 is 0 Å². The smallest absolute Gasteiger partial charge is 0.226 e. The summed E-state index contributed by atoms with van der Waals surface area (Å²) < 4.78 is 0. The molecule has 0 heterocycles. The van der Waals surface area contributed by atoms with Crippen LogP contribution in [-0.2, 0) is 21.1 Å². The fraction of sp³-hybridized carbons (Fsp3) is 0.250. The minimum Gasteiger partial charge on any atom is -0.226 e. The molecule has 0 aliphatic rings. The zero-order chi connectivity index (χ0) is 12.2. The Hall–Kier alpha value is -0.872. The summed E-state index contributed by atoms with van der Waals surface area (Å²) in [4.78, 5) is 0.